The van der Waals surface area contributed by atoms with Crippen LogP contribution in [-0.4, -0.2) is 13.1 Å². The Morgan fingerprint density at radius 3 is 3.11 bits per heavy atom. The Balaban J connectivity index is 2.09. The second-order valence-corrected chi connectivity index (χ2v) is 3.18. The summed E-state index contributed by atoms with van der Waals surface area (Å²) < 4.78 is 0. The van der Waals surface area contributed by atoms with Crippen molar-refractivity contribution >= 4 is 0 Å². The van der Waals surface area contributed by atoms with Crippen LogP contribution in [0, 0.1) is 11.8 Å². The van der Waals surface area contributed by atoms with E-state index in [4.69, 9.17) is 0 Å². The van der Waals surface area contributed by atoms with Crippen LogP contribution < -0.4 is 5.32 Å². The zero-order valence-electron chi connectivity index (χ0n) is 5.64. The van der Waals surface area contributed by atoms with Gasteiger partial charge in [-0.1, -0.05) is 12.2 Å². The highest BCUT2D eigenvalue weighted by molar-refractivity contribution is 4.99. The van der Waals surface area contributed by atoms with Crippen LogP contribution in [0.3, 0.4) is 0 Å². The summed E-state index contributed by atoms with van der Waals surface area (Å²) in [5.41, 5.74) is 0. The smallest absolute Gasteiger partial charge is 0.00144 e. The van der Waals surface area contributed by atoms with Crippen LogP contribution in [0.1, 0.15) is 12.8 Å². The highest BCUT2D eigenvalue weighted by Crippen LogP contribution is 2.25. The molecule has 50 valence electrons. The van der Waals surface area contributed by atoms with Gasteiger partial charge in [-0.05, 0) is 31.2 Å². The number of allylic oxidation sites excluding steroid dienone is 1. The van der Waals surface area contributed by atoms with Gasteiger partial charge in [-0.2, -0.15) is 0 Å². The lowest BCUT2D eigenvalue weighted by molar-refractivity contribution is 0.311. The molecular formula is C8H13N. The molecule has 1 heteroatoms. The number of hydrogen-bond acceptors (Lipinski definition) is 1. The Morgan fingerprint density at radius 1 is 1.33 bits per heavy atom. The van der Waals surface area contributed by atoms with E-state index in [1.807, 2.05) is 0 Å². The van der Waals surface area contributed by atoms with Gasteiger partial charge in [0.05, 0.1) is 0 Å². The van der Waals surface area contributed by atoms with Crippen molar-refractivity contribution in [3.05, 3.63) is 12.2 Å². The fraction of sp³-hybridized carbons (Fsp3) is 0.750. The van der Waals surface area contributed by atoms with Crippen LogP contribution in [0.4, 0.5) is 0 Å². The maximum absolute atomic E-state index is 3.44. The molecule has 2 aliphatic rings. The molecule has 0 aromatic carbocycles. The molecule has 2 rings (SSSR count). The van der Waals surface area contributed by atoms with E-state index >= 15 is 0 Å². The normalized spacial score (nSPS) is 40.9. The van der Waals surface area contributed by atoms with Crippen molar-refractivity contribution in [1.29, 1.82) is 0 Å². The van der Waals surface area contributed by atoms with Crippen molar-refractivity contribution in [2.75, 3.05) is 13.1 Å². The molecule has 1 nitrogen and oxygen atoms in total. The first-order valence-electron chi connectivity index (χ1n) is 3.82. The lowest BCUT2D eigenvalue weighted by Crippen LogP contribution is -2.36. The molecule has 2 atom stereocenters. The highest BCUT2D eigenvalue weighted by atomic mass is 14.9. The van der Waals surface area contributed by atoms with Crippen molar-refractivity contribution in [3.8, 4) is 0 Å². The van der Waals surface area contributed by atoms with Crippen molar-refractivity contribution < 1.29 is 0 Å². The van der Waals surface area contributed by atoms with Crippen molar-refractivity contribution in [3.63, 3.8) is 0 Å². The molecule has 0 spiro atoms. The van der Waals surface area contributed by atoms with Gasteiger partial charge in [0, 0.05) is 6.54 Å². The zero-order chi connectivity index (χ0) is 6.10. The summed E-state index contributed by atoms with van der Waals surface area (Å²) in [4.78, 5) is 0. The molecule has 2 bridgehead atoms. The van der Waals surface area contributed by atoms with Crippen LogP contribution in [0.15, 0.2) is 12.2 Å². The minimum atomic E-state index is 0.859. The van der Waals surface area contributed by atoms with Crippen LogP contribution in [0.2, 0.25) is 0 Å². The first kappa shape index (κ1) is 5.48. The van der Waals surface area contributed by atoms with E-state index in [-0.39, 0.29) is 0 Å². The standard InChI is InChI=1S/C8H13N/c1-2-7-4-8(3-1)6-9-5-7/h1-2,7-9H,3-6H2/t7-,8+/m1/s1. The Kier molecular flexibility index (Phi) is 1.31. The number of piperidine rings is 1. The highest BCUT2D eigenvalue weighted by Gasteiger charge is 2.21. The average Bonchev–Trinajstić information content (AvgIpc) is 1.88. The molecule has 1 aliphatic heterocycles. The molecule has 1 N–H and O–H groups in total. The van der Waals surface area contributed by atoms with Gasteiger partial charge < -0.3 is 5.32 Å². The molecular weight excluding hydrogens is 110 g/mol. The van der Waals surface area contributed by atoms with Gasteiger partial charge in [0.1, 0.15) is 0 Å². The molecule has 9 heavy (non-hydrogen) atoms. The van der Waals surface area contributed by atoms with Crippen molar-refractivity contribution in [1.82, 2.24) is 5.32 Å². The first-order chi connectivity index (χ1) is 4.45. The largest absolute Gasteiger partial charge is 0.316 e. The molecule has 1 fully saturated rings. The summed E-state index contributed by atoms with van der Waals surface area (Å²) in [6, 6.07) is 0. The maximum atomic E-state index is 3.44. The van der Waals surface area contributed by atoms with Crippen LogP contribution in [0.25, 0.3) is 0 Å². The third-order valence-electron chi connectivity index (χ3n) is 2.35. The fourth-order valence-electron chi connectivity index (χ4n) is 1.86. The quantitative estimate of drug-likeness (QED) is 0.477. The van der Waals surface area contributed by atoms with Gasteiger partial charge in [-0.3, -0.25) is 0 Å². The monoisotopic (exact) mass is 123 g/mol. The van der Waals surface area contributed by atoms with Crippen LogP contribution in [0.5, 0.6) is 0 Å². The third-order valence-corrected chi connectivity index (χ3v) is 2.35. The summed E-state index contributed by atoms with van der Waals surface area (Å²) in [5, 5.41) is 3.44. The molecule has 0 unspecified atom stereocenters. The van der Waals surface area contributed by atoms with Crippen LogP contribution in [-0.2, 0) is 0 Å². The Labute approximate surface area is 56.1 Å². The van der Waals surface area contributed by atoms with E-state index < -0.39 is 0 Å². The molecule has 0 aromatic rings. The summed E-state index contributed by atoms with van der Waals surface area (Å²) >= 11 is 0. The molecule has 0 radical (unpaired) electrons. The van der Waals surface area contributed by atoms with Gasteiger partial charge in [-0.25, -0.2) is 0 Å². The van der Waals surface area contributed by atoms with Crippen LogP contribution >= 0.6 is 0 Å². The predicted octanol–water partition coefficient (Wildman–Crippen LogP) is 1.17. The second kappa shape index (κ2) is 2.14. The van der Waals surface area contributed by atoms with E-state index in [1.165, 1.54) is 25.9 Å². The summed E-state index contributed by atoms with van der Waals surface area (Å²) in [7, 11) is 0. The number of rotatable bonds is 0. The summed E-state index contributed by atoms with van der Waals surface area (Å²) in [6.45, 7) is 2.47. The Morgan fingerprint density at radius 2 is 2.33 bits per heavy atom. The molecule has 0 saturated carbocycles. The third kappa shape index (κ3) is 1.01. The summed E-state index contributed by atoms with van der Waals surface area (Å²) in [5.74, 6) is 1.81. The minimum absolute atomic E-state index is 0.859. The molecule has 1 saturated heterocycles. The lowest BCUT2D eigenvalue weighted by atomic mass is 9.84. The molecule has 0 aromatic heterocycles. The fourth-order valence-corrected chi connectivity index (χ4v) is 1.86. The van der Waals surface area contributed by atoms with E-state index in [9.17, 15) is 0 Å². The van der Waals surface area contributed by atoms with Crippen molar-refractivity contribution in [2.24, 2.45) is 11.8 Å². The van der Waals surface area contributed by atoms with Gasteiger partial charge in [0.25, 0.3) is 0 Å². The number of fused-ring (bicyclic) bond motifs is 2. The molecule has 0 amide bonds. The second-order valence-electron chi connectivity index (χ2n) is 3.18. The van der Waals surface area contributed by atoms with Gasteiger partial charge in [0.15, 0.2) is 0 Å². The topological polar surface area (TPSA) is 12.0 Å². The van der Waals surface area contributed by atoms with Gasteiger partial charge >= 0.3 is 0 Å². The van der Waals surface area contributed by atoms with Crippen molar-refractivity contribution in [2.45, 2.75) is 12.8 Å². The van der Waals surface area contributed by atoms with E-state index in [0.717, 1.165) is 11.8 Å². The lowest BCUT2D eigenvalue weighted by Gasteiger charge is -2.30. The van der Waals surface area contributed by atoms with E-state index in [0.29, 0.717) is 0 Å². The SMILES string of the molecule is C1=C[C@H]2CNC[C@@H](C1)C2. The molecule has 1 heterocycles. The van der Waals surface area contributed by atoms with E-state index in [1.54, 1.807) is 0 Å². The summed E-state index contributed by atoms with van der Waals surface area (Å²) in [6.07, 6.45) is 7.45. The Bertz CT molecular complexity index is 129. The minimum Gasteiger partial charge on any atom is -0.316 e. The first-order valence-corrected chi connectivity index (χ1v) is 3.82. The zero-order valence-corrected chi connectivity index (χ0v) is 5.64. The number of hydrogen-bond donors (Lipinski definition) is 1. The Hall–Kier alpha value is -0.300. The van der Waals surface area contributed by atoms with E-state index in [2.05, 4.69) is 17.5 Å². The molecule has 1 aliphatic carbocycles. The predicted molar refractivity (Wildman–Crippen MR) is 38.2 cm³/mol. The van der Waals surface area contributed by atoms with Gasteiger partial charge in [-0.15, -0.1) is 0 Å². The average molecular weight is 123 g/mol. The maximum Gasteiger partial charge on any atom is 0.00144 e. The number of nitrogens with one attached hydrogen (secondary N) is 1. The van der Waals surface area contributed by atoms with Gasteiger partial charge in [0.2, 0.25) is 0 Å².